The monoisotopic (exact) mass is 269 g/mol. The van der Waals surface area contributed by atoms with Gasteiger partial charge in [0.25, 0.3) is 0 Å². The third-order valence-corrected chi connectivity index (χ3v) is 3.11. The lowest BCUT2D eigenvalue weighted by Crippen LogP contribution is -2.28. The van der Waals surface area contributed by atoms with Crippen LogP contribution in [0.15, 0.2) is 42.6 Å². The first-order chi connectivity index (χ1) is 9.54. The standard InChI is InChI=1S/C16H19N3O/c1-11-4-3-5-13(8-11)12(2)19-16(20)9-15-7-6-14(17)10-18-15/h3-8,10,12H,9,17H2,1-2H3,(H,19,20)/t12-/m0/s1. The fourth-order valence-corrected chi connectivity index (χ4v) is 2.02. The number of carbonyl (C=O) groups excluding carboxylic acids is 1. The Morgan fingerprint density at radius 3 is 2.80 bits per heavy atom. The second kappa shape index (κ2) is 6.19. The van der Waals surface area contributed by atoms with E-state index in [-0.39, 0.29) is 18.4 Å². The topological polar surface area (TPSA) is 68.0 Å². The average molecular weight is 269 g/mol. The van der Waals surface area contributed by atoms with Crippen molar-refractivity contribution >= 4 is 11.6 Å². The van der Waals surface area contributed by atoms with E-state index in [1.54, 1.807) is 18.3 Å². The van der Waals surface area contributed by atoms with Gasteiger partial charge >= 0.3 is 0 Å². The van der Waals surface area contributed by atoms with E-state index in [4.69, 9.17) is 5.73 Å². The molecule has 2 aromatic rings. The molecule has 0 saturated carbocycles. The molecule has 0 fully saturated rings. The number of hydrogen-bond donors (Lipinski definition) is 2. The summed E-state index contributed by atoms with van der Waals surface area (Å²) in [6.07, 6.45) is 1.82. The molecule has 0 radical (unpaired) electrons. The highest BCUT2D eigenvalue weighted by molar-refractivity contribution is 5.78. The molecule has 104 valence electrons. The van der Waals surface area contributed by atoms with E-state index in [2.05, 4.69) is 16.4 Å². The normalized spacial score (nSPS) is 11.9. The number of pyridine rings is 1. The molecule has 1 aromatic heterocycles. The Balaban J connectivity index is 1.95. The van der Waals surface area contributed by atoms with Gasteiger partial charge < -0.3 is 11.1 Å². The zero-order valence-electron chi connectivity index (χ0n) is 11.8. The number of nitrogen functional groups attached to an aromatic ring is 1. The molecular weight excluding hydrogens is 250 g/mol. The Kier molecular flexibility index (Phi) is 4.35. The van der Waals surface area contributed by atoms with Crippen molar-refractivity contribution < 1.29 is 4.79 Å². The van der Waals surface area contributed by atoms with Gasteiger partial charge in [-0.15, -0.1) is 0 Å². The molecule has 1 heterocycles. The van der Waals surface area contributed by atoms with Crippen LogP contribution < -0.4 is 11.1 Å². The average Bonchev–Trinajstić information content (AvgIpc) is 2.41. The van der Waals surface area contributed by atoms with Crippen LogP contribution in [0.25, 0.3) is 0 Å². The number of hydrogen-bond acceptors (Lipinski definition) is 3. The lowest BCUT2D eigenvalue weighted by Gasteiger charge is -2.14. The highest BCUT2D eigenvalue weighted by Crippen LogP contribution is 2.14. The van der Waals surface area contributed by atoms with E-state index in [9.17, 15) is 4.79 Å². The van der Waals surface area contributed by atoms with Gasteiger partial charge in [0.2, 0.25) is 5.91 Å². The van der Waals surface area contributed by atoms with E-state index in [1.165, 1.54) is 5.56 Å². The van der Waals surface area contributed by atoms with Crippen LogP contribution >= 0.6 is 0 Å². The summed E-state index contributed by atoms with van der Waals surface area (Å²) in [7, 11) is 0. The van der Waals surface area contributed by atoms with Gasteiger partial charge in [-0.2, -0.15) is 0 Å². The van der Waals surface area contributed by atoms with Crippen molar-refractivity contribution in [1.29, 1.82) is 0 Å². The molecular formula is C16H19N3O. The third kappa shape index (κ3) is 3.82. The molecule has 0 aliphatic carbocycles. The maximum Gasteiger partial charge on any atom is 0.226 e. The van der Waals surface area contributed by atoms with E-state index < -0.39 is 0 Å². The Bertz CT molecular complexity index is 593. The number of carbonyl (C=O) groups is 1. The number of nitrogens with zero attached hydrogens (tertiary/aromatic N) is 1. The zero-order chi connectivity index (χ0) is 14.5. The molecule has 1 amide bonds. The van der Waals surface area contributed by atoms with Crippen molar-refractivity contribution in [3.05, 3.63) is 59.4 Å². The number of aryl methyl sites for hydroxylation is 1. The molecule has 0 aliphatic heterocycles. The minimum Gasteiger partial charge on any atom is -0.397 e. The first kappa shape index (κ1) is 14.1. The van der Waals surface area contributed by atoms with Crippen LogP contribution in [0, 0.1) is 6.92 Å². The van der Waals surface area contributed by atoms with Crippen LogP contribution in [-0.4, -0.2) is 10.9 Å². The second-order valence-corrected chi connectivity index (χ2v) is 4.96. The molecule has 20 heavy (non-hydrogen) atoms. The highest BCUT2D eigenvalue weighted by atomic mass is 16.1. The predicted octanol–water partition coefficient (Wildman–Crippen LogP) is 2.39. The summed E-state index contributed by atoms with van der Waals surface area (Å²) >= 11 is 0. The summed E-state index contributed by atoms with van der Waals surface area (Å²) in [4.78, 5) is 16.1. The van der Waals surface area contributed by atoms with Crippen LogP contribution in [0.4, 0.5) is 5.69 Å². The summed E-state index contributed by atoms with van der Waals surface area (Å²) in [5.41, 5.74) is 9.17. The molecule has 4 nitrogen and oxygen atoms in total. The molecule has 2 rings (SSSR count). The minimum absolute atomic E-state index is 0.0174. The van der Waals surface area contributed by atoms with E-state index in [0.29, 0.717) is 11.4 Å². The van der Waals surface area contributed by atoms with Gasteiger partial charge in [0.1, 0.15) is 0 Å². The summed E-state index contributed by atoms with van der Waals surface area (Å²) in [6, 6.07) is 11.6. The van der Waals surface area contributed by atoms with Gasteiger partial charge in [-0.3, -0.25) is 9.78 Å². The fourth-order valence-electron chi connectivity index (χ4n) is 2.02. The number of amides is 1. The number of nitrogens with one attached hydrogen (secondary N) is 1. The quantitative estimate of drug-likeness (QED) is 0.895. The van der Waals surface area contributed by atoms with E-state index in [1.807, 2.05) is 32.0 Å². The third-order valence-electron chi connectivity index (χ3n) is 3.11. The summed E-state index contributed by atoms with van der Waals surface area (Å²) in [5, 5.41) is 2.98. The van der Waals surface area contributed by atoms with Crippen LogP contribution in [0.2, 0.25) is 0 Å². The van der Waals surface area contributed by atoms with E-state index >= 15 is 0 Å². The summed E-state index contributed by atoms with van der Waals surface area (Å²) < 4.78 is 0. The smallest absolute Gasteiger partial charge is 0.226 e. The Morgan fingerprint density at radius 2 is 2.15 bits per heavy atom. The molecule has 1 atom stereocenters. The molecule has 0 saturated heterocycles. The van der Waals surface area contributed by atoms with Crippen LogP contribution in [-0.2, 0) is 11.2 Å². The Labute approximate surface area is 119 Å². The van der Waals surface area contributed by atoms with Gasteiger partial charge in [-0.25, -0.2) is 0 Å². The van der Waals surface area contributed by atoms with Crippen molar-refractivity contribution in [1.82, 2.24) is 10.3 Å². The minimum atomic E-state index is -0.0451. The van der Waals surface area contributed by atoms with Gasteiger partial charge in [0.05, 0.1) is 24.3 Å². The molecule has 0 unspecified atom stereocenters. The van der Waals surface area contributed by atoms with Gasteiger partial charge in [0, 0.05) is 5.69 Å². The Hall–Kier alpha value is -2.36. The van der Waals surface area contributed by atoms with Crippen LogP contribution in [0.1, 0.15) is 29.8 Å². The first-order valence-electron chi connectivity index (χ1n) is 6.61. The molecule has 3 N–H and O–H groups in total. The molecule has 0 spiro atoms. The fraction of sp³-hybridized carbons (Fsp3) is 0.250. The van der Waals surface area contributed by atoms with Gasteiger partial charge in [-0.05, 0) is 31.5 Å². The SMILES string of the molecule is Cc1cccc([C@H](C)NC(=O)Cc2ccc(N)cn2)c1. The van der Waals surface area contributed by atoms with Crippen LogP contribution in [0.5, 0.6) is 0 Å². The largest absolute Gasteiger partial charge is 0.397 e. The number of rotatable bonds is 4. The van der Waals surface area contributed by atoms with Crippen molar-refractivity contribution in [2.45, 2.75) is 26.3 Å². The number of anilines is 1. The maximum atomic E-state index is 12.0. The highest BCUT2D eigenvalue weighted by Gasteiger charge is 2.10. The Morgan fingerprint density at radius 1 is 1.35 bits per heavy atom. The lowest BCUT2D eigenvalue weighted by molar-refractivity contribution is -0.121. The molecule has 0 bridgehead atoms. The van der Waals surface area contributed by atoms with Gasteiger partial charge in [-0.1, -0.05) is 29.8 Å². The summed E-state index contributed by atoms with van der Waals surface area (Å²) in [5.74, 6) is -0.0451. The molecule has 1 aromatic carbocycles. The van der Waals surface area contributed by atoms with Crippen molar-refractivity contribution in [3.63, 3.8) is 0 Å². The maximum absolute atomic E-state index is 12.0. The predicted molar refractivity (Wildman–Crippen MR) is 80.1 cm³/mol. The number of benzene rings is 1. The molecule has 0 aliphatic rings. The van der Waals surface area contributed by atoms with Crippen molar-refractivity contribution in [3.8, 4) is 0 Å². The van der Waals surface area contributed by atoms with Gasteiger partial charge in [0.15, 0.2) is 0 Å². The first-order valence-corrected chi connectivity index (χ1v) is 6.61. The lowest BCUT2D eigenvalue weighted by atomic mass is 10.1. The van der Waals surface area contributed by atoms with Crippen molar-refractivity contribution in [2.75, 3.05) is 5.73 Å². The summed E-state index contributed by atoms with van der Waals surface area (Å²) in [6.45, 7) is 4.01. The van der Waals surface area contributed by atoms with Crippen molar-refractivity contribution in [2.24, 2.45) is 0 Å². The number of nitrogens with two attached hydrogens (primary N) is 1. The second-order valence-electron chi connectivity index (χ2n) is 4.96. The molecule has 4 heteroatoms. The van der Waals surface area contributed by atoms with E-state index in [0.717, 1.165) is 5.56 Å². The van der Waals surface area contributed by atoms with Crippen LogP contribution in [0.3, 0.4) is 0 Å². The zero-order valence-corrected chi connectivity index (χ0v) is 11.8. The number of aromatic nitrogens is 1.